The van der Waals surface area contributed by atoms with Gasteiger partial charge in [-0.25, -0.2) is 4.79 Å². The molecule has 0 aliphatic heterocycles. The number of carbonyl (C=O) groups excluding carboxylic acids is 1. The van der Waals surface area contributed by atoms with E-state index in [1.807, 2.05) is 31.2 Å². The van der Waals surface area contributed by atoms with Crippen molar-refractivity contribution in [1.29, 1.82) is 0 Å². The standard InChI is InChI=1S/C13H16O3/c1-3-10-16-13(14)9-6-11-4-7-12(15-2)8-5-11/h4-9H,3,10H2,1-2H3/b9-6-. The quantitative estimate of drug-likeness (QED) is 0.565. The molecule has 0 amide bonds. The van der Waals surface area contributed by atoms with Crippen molar-refractivity contribution in [3.63, 3.8) is 0 Å². The van der Waals surface area contributed by atoms with Crippen LogP contribution in [0.1, 0.15) is 18.9 Å². The van der Waals surface area contributed by atoms with E-state index in [1.54, 1.807) is 13.2 Å². The molecule has 1 aromatic rings. The van der Waals surface area contributed by atoms with Crippen LogP contribution >= 0.6 is 0 Å². The van der Waals surface area contributed by atoms with E-state index in [0.29, 0.717) is 6.61 Å². The van der Waals surface area contributed by atoms with Crippen molar-refractivity contribution in [3.05, 3.63) is 35.9 Å². The normalized spacial score (nSPS) is 10.4. The molecule has 0 aliphatic rings. The first kappa shape index (κ1) is 12.3. The Kier molecular flexibility index (Phi) is 5.12. The maximum absolute atomic E-state index is 11.2. The van der Waals surface area contributed by atoms with Gasteiger partial charge in [-0.05, 0) is 30.2 Å². The maximum Gasteiger partial charge on any atom is 0.330 e. The van der Waals surface area contributed by atoms with Gasteiger partial charge in [-0.3, -0.25) is 0 Å². The number of carbonyl (C=O) groups is 1. The van der Waals surface area contributed by atoms with Gasteiger partial charge in [0.15, 0.2) is 0 Å². The molecule has 0 radical (unpaired) electrons. The van der Waals surface area contributed by atoms with Gasteiger partial charge >= 0.3 is 5.97 Å². The predicted octanol–water partition coefficient (Wildman–Crippen LogP) is 2.66. The van der Waals surface area contributed by atoms with Gasteiger partial charge in [0.25, 0.3) is 0 Å². The number of benzene rings is 1. The van der Waals surface area contributed by atoms with E-state index in [2.05, 4.69) is 0 Å². The lowest BCUT2D eigenvalue weighted by Gasteiger charge is -1.99. The summed E-state index contributed by atoms with van der Waals surface area (Å²) in [7, 11) is 1.62. The lowest BCUT2D eigenvalue weighted by molar-refractivity contribution is -0.137. The summed E-state index contributed by atoms with van der Waals surface area (Å²) in [4.78, 5) is 11.2. The fourth-order valence-electron chi connectivity index (χ4n) is 1.13. The smallest absolute Gasteiger partial charge is 0.330 e. The molecule has 0 spiro atoms. The second kappa shape index (κ2) is 6.67. The Labute approximate surface area is 95.7 Å². The fraction of sp³-hybridized carbons (Fsp3) is 0.308. The Morgan fingerprint density at radius 3 is 2.56 bits per heavy atom. The predicted molar refractivity (Wildman–Crippen MR) is 63.3 cm³/mol. The third kappa shape index (κ3) is 4.17. The average molecular weight is 220 g/mol. The minimum atomic E-state index is -0.308. The molecule has 1 rings (SSSR count). The van der Waals surface area contributed by atoms with Crippen LogP contribution in [-0.4, -0.2) is 19.7 Å². The van der Waals surface area contributed by atoms with Gasteiger partial charge in [-0.1, -0.05) is 19.1 Å². The van der Waals surface area contributed by atoms with Gasteiger partial charge < -0.3 is 9.47 Å². The van der Waals surface area contributed by atoms with Crippen LogP contribution in [0.15, 0.2) is 30.3 Å². The van der Waals surface area contributed by atoms with Crippen LogP contribution in [0.3, 0.4) is 0 Å². The van der Waals surface area contributed by atoms with E-state index in [1.165, 1.54) is 6.08 Å². The molecule has 16 heavy (non-hydrogen) atoms. The van der Waals surface area contributed by atoms with Gasteiger partial charge in [-0.2, -0.15) is 0 Å². The van der Waals surface area contributed by atoms with Gasteiger partial charge in [0, 0.05) is 6.08 Å². The Morgan fingerprint density at radius 2 is 2.00 bits per heavy atom. The topological polar surface area (TPSA) is 35.5 Å². The molecule has 0 unspecified atom stereocenters. The number of hydrogen-bond acceptors (Lipinski definition) is 3. The molecule has 0 atom stereocenters. The summed E-state index contributed by atoms with van der Waals surface area (Å²) in [6.45, 7) is 2.42. The highest BCUT2D eigenvalue weighted by molar-refractivity contribution is 5.87. The first-order valence-corrected chi connectivity index (χ1v) is 5.25. The summed E-state index contributed by atoms with van der Waals surface area (Å²) >= 11 is 0. The Balaban J connectivity index is 2.52. The van der Waals surface area contributed by atoms with Crippen molar-refractivity contribution < 1.29 is 14.3 Å². The lowest BCUT2D eigenvalue weighted by Crippen LogP contribution is -2.00. The van der Waals surface area contributed by atoms with E-state index in [4.69, 9.17) is 9.47 Å². The van der Waals surface area contributed by atoms with Crippen molar-refractivity contribution in [2.24, 2.45) is 0 Å². The van der Waals surface area contributed by atoms with Crippen molar-refractivity contribution in [2.45, 2.75) is 13.3 Å². The summed E-state index contributed by atoms with van der Waals surface area (Å²) in [6.07, 6.45) is 3.98. The molecule has 0 aliphatic carbocycles. The minimum Gasteiger partial charge on any atom is -0.497 e. The first-order chi connectivity index (χ1) is 7.76. The third-order valence-electron chi connectivity index (χ3n) is 1.98. The molecule has 1 aromatic carbocycles. The molecule has 0 saturated heterocycles. The highest BCUT2D eigenvalue weighted by atomic mass is 16.5. The van der Waals surface area contributed by atoms with Crippen LogP contribution in [0.25, 0.3) is 6.08 Å². The van der Waals surface area contributed by atoms with Crippen LogP contribution in [0.5, 0.6) is 5.75 Å². The fourth-order valence-corrected chi connectivity index (χ4v) is 1.13. The second-order valence-corrected chi connectivity index (χ2v) is 3.27. The Hall–Kier alpha value is -1.77. The molecular weight excluding hydrogens is 204 g/mol. The van der Waals surface area contributed by atoms with Crippen molar-refractivity contribution in [3.8, 4) is 5.75 Å². The van der Waals surface area contributed by atoms with Gasteiger partial charge in [0.2, 0.25) is 0 Å². The molecule has 0 bridgehead atoms. The average Bonchev–Trinajstić information content (AvgIpc) is 2.34. The summed E-state index contributed by atoms with van der Waals surface area (Å²) in [6, 6.07) is 7.44. The molecule has 0 saturated carbocycles. The zero-order valence-electron chi connectivity index (χ0n) is 9.60. The van der Waals surface area contributed by atoms with Crippen molar-refractivity contribution >= 4 is 12.0 Å². The molecule has 0 aromatic heterocycles. The molecule has 0 heterocycles. The zero-order chi connectivity index (χ0) is 11.8. The van der Waals surface area contributed by atoms with Crippen molar-refractivity contribution in [2.75, 3.05) is 13.7 Å². The Bertz CT molecular complexity index is 352. The minimum absolute atomic E-state index is 0.308. The van der Waals surface area contributed by atoms with Gasteiger partial charge in [0.05, 0.1) is 13.7 Å². The van der Waals surface area contributed by atoms with Crippen LogP contribution in [0, 0.1) is 0 Å². The van der Waals surface area contributed by atoms with Crippen LogP contribution in [-0.2, 0) is 9.53 Å². The molecule has 0 fully saturated rings. The summed E-state index contributed by atoms with van der Waals surface area (Å²) in [5.74, 6) is 0.489. The SMILES string of the molecule is CCCOC(=O)/C=C\c1ccc(OC)cc1. The van der Waals surface area contributed by atoms with E-state index in [9.17, 15) is 4.79 Å². The maximum atomic E-state index is 11.2. The first-order valence-electron chi connectivity index (χ1n) is 5.25. The van der Waals surface area contributed by atoms with E-state index in [0.717, 1.165) is 17.7 Å². The lowest BCUT2D eigenvalue weighted by atomic mass is 10.2. The van der Waals surface area contributed by atoms with E-state index < -0.39 is 0 Å². The Morgan fingerprint density at radius 1 is 1.31 bits per heavy atom. The van der Waals surface area contributed by atoms with Gasteiger partial charge in [0.1, 0.15) is 5.75 Å². The van der Waals surface area contributed by atoms with Crippen LogP contribution < -0.4 is 4.74 Å². The molecule has 3 heteroatoms. The third-order valence-corrected chi connectivity index (χ3v) is 1.98. The number of rotatable bonds is 5. The number of methoxy groups -OCH3 is 1. The number of hydrogen-bond donors (Lipinski definition) is 0. The monoisotopic (exact) mass is 220 g/mol. The highest BCUT2D eigenvalue weighted by Crippen LogP contribution is 2.12. The highest BCUT2D eigenvalue weighted by Gasteiger charge is 1.95. The molecular formula is C13H16O3. The largest absolute Gasteiger partial charge is 0.497 e. The molecule has 3 nitrogen and oxygen atoms in total. The zero-order valence-corrected chi connectivity index (χ0v) is 9.60. The van der Waals surface area contributed by atoms with Gasteiger partial charge in [-0.15, -0.1) is 0 Å². The van der Waals surface area contributed by atoms with Crippen LogP contribution in [0.4, 0.5) is 0 Å². The number of esters is 1. The summed E-state index contributed by atoms with van der Waals surface area (Å²) in [5, 5.41) is 0. The van der Waals surface area contributed by atoms with E-state index >= 15 is 0 Å². The second-order valence-electron chi connectivity index (χ2n) is 3.27. The molecule has 0 N–H and O–H groups in total. The summed E-state index contributed by atoms with van der Waals surface area (Å²) in [5.41, 5.74) is 0.939. The van der Waals surface area contributed by atoms with Crippen LogP contribution in [0.2, 0.25) is 0 Å². The number of ether oxygens (including phenoxy) is 2. The van der Waals surface area contributed by atoms with E-state index in [-0.39, 0.29) is 5.97 Å². The van der Waals surface area contributed by atoms with Crippen molar-refractivity contribution in [1.82, 2.24) is 0 Å². The summed E-state index contributed by atoms with van der Waals surface area (Å²) < 4.78 is 9.94. The molecule has 86 valence electrons.